The van der Waals surface area contributed by atoms with Crippen LogP contribution >= 0.6 is 0 Å². The SMILES string of the molecule is Cc1cc(C(=O)N(C)C(C)(C)C(=O)O)nn1-c1ccccc1. The minimum atomic E-state index is -1.30. The van der Waals surface area contributed by atoms with Crippen molar-refractivity contribution in [3.63, 3.8) is 0 Å². The van der Waals surface area contributed by atoms with Crippen molar-refractivity contribution in [3.8, 4) is 5.69 Å². The van der Waals surface area contributed by atoms with Gasteiger partial charge in [0, 0.05) is 12.7 Å². The molecule has 1 aromatic carbocycles. The molecule has 6 heteroatoms. The molecule has 1 amide bonds. The molecule has 2 aromatic rings. The summed E-state index contributed by atoms with van der Waals surface area (Å²) in [6.07, 6.45) is 0. The molecule has 2 rings (SSSR count). The van der Waals surface area contributed by atoms with Gasteiger partial charge in [-0.05, 0) is 39.0 Å². The first-order valence-electron chi connectivity index (χ1n) is 6.89. The van der Waals surface area contributed by atoms with Gasteiger partial charge in [-0.25, -0.2) is 9.48 Å². The van der Waals surface area contributed by atoms with E-state index < -0.39 is 17.4 Å². The number of nitrogens with zero attached hydrogens (tertiary/aromatic N) is 3. The van der Waals surface area contributed by atoms with E-state index in [9.17, 15) is 14.7 Å². The van der Waals surface area contributed by atoms with Crippen LogP contribution in [0, 0.1) is 6.92 Å². The number of aliphatic carboxylic acids is 1. The Morgan fingerprint density at radius 1 is 1.23 bits per heavy atom. The third kappa shape index (κ3) is 2.72. The number of carbonyl (C=O) groups is 2. The smallest absolute Gasteiger partial charge is 0.329 e. The number of hydrogen-bond acceptors (Lipinski definition) is 3. The highest BCUT2D eigenvalue weighted by molar-refractivity contribution is 5.96. The average Bonchev–Trinajstić information content (AvgIpc) is 2.88. The molecule has 0 radical (unpaired) electrons. The van der Waals surface area contributed by atoms with Crippen LogP contribution in [0.25, 0.3) is 5.69 Å². The van der Waals surface area contributed by atoms with Gasteiger partial charge in [-0.1, -0.05) is 18.2 Å². The van der Waals surface area contributed by atoms with Crippen molar-refractivity contribution in [1.29, 1.82) is 0 Å². The number of benzene rings is 1. The highest BCUT2D eigenvalue weighted by Gasteiger charge is 2.36. The van der Waals surface area contributed by atoms with Crippen LogP contribution in [0.1, 0.15) is 30.0 Å². The molecule has 0 spiro atoms. The average molecular weight is 301 g/mol. The second-order valence-corrected chi connectivity index (χ2v) is 5.65. The summed E-state index contributed by atoms with van der Waals surface area (Å²) in [5.74, 6) is -1.49. The number of hydrogen-bond donors (Lipinski definition) is 1. The van der Waals surface area contributed by atoms with Crippen LogP contribution in [0.4, 0.5) is 0 Å². The summed E-state index contributed by atoms with van der Waals surface area (Å²) in [7, 11) is 1.47. The lowest BCUT2D eigenvalue weighted by molar-refractivity contribution is -0.147. The Labute approximate surface area is 129 Å². The van der Waals surface area contributed by atoms with E-state index in [1.54, 1.807) is 10.7 Å². The first kappa shape index (κ1) is 15.8. The summed E-state index contributed by atoms with van der Waals surface area (Å²) in [6, 6.07) is 11.1. The van der Waals surface area contributed by atoms with Gasteiger partial charge >= 0.3 is 5.97 Å². The molecule has 0 unspecified atom stereocenters. The topological polar surface area (TPSA) is 75.4 Å². The lowest BCUT2D eigenvalue weighted by Gasteiger charge is -2.30. The van der Waals surface area contributed by atoms with Crippen LogP contribution in [0.3, 0.4) is 0 Å². The lowest BCUT2D eigenvalue weighted by Crippen LogP contribution is -2.50. The molecule has 6 nitrogen and oxygen atoms in total. The summed E-state index contributed by atoms with van der Waals surface area (Å²) in [5.41, 5.74) is 0.565. The summed E-state index contributed by atoms with van der Waals surface area (Å²) in [5, 5.41) is 13.5. The van der Waals surface area contributed by atoms with Gasteiger partial charge in [0.25, 0.3) is 5.91 Å². The first-order chi connectivity index (χ1) is 10.2. The van der Waals surface area contributed by atoms with Crippen molar-refractivity contribution in [2.24, 2.45) is 0 Å². The molecular weight excluding hydrogens is 282 g/mol. The lowest BCUT2D eigenvalue weighted by atomic mass is 10.0. The number of likely N-dealkylation sites (N-methyl/N-ethyl adjacent to an activating group) is 1. The third-order valence-corrected chi connectivity index (χ3v) is 3.77. The molecule has 0 saturated carbocycles. The number of aromatic nitrogens is 2. The Morgan fingerprint density at radius 2 is 1.82 bits per heavy atom. The molecule has 0 atom stereocenters. The fraction of sp³-hybridized carbons (Fsp3) is 0.312. The van der Waals surface area contributed by atoms with Crippen molar-refractivity contribution in [1.82, 2.24) is 14.7 Å². The highest BCUT2D eigenvalue weighted by atomic mass is 16.4. The number of carboxylic acids is 1. The maximum atomic E-state index is 12.5. The zero-order valence-corrected chi connectivity index (χ0v) is 13.1. The number of rotatable bonds is 4. The fourth-order valence-electron chi connectivity index (χ4n) is 1.98. The van der Waals surface area contributed by atoms with Gasteiger partial charge in [0.2, 0.25) is 0 Å². The number of carbonyl (C=O) groups excluding carboxylic acids is 1. The predicted octanol–water partition coefficient (Wildman–Crippen LogP) is 2.12. The third-order valence-electron chi connectivity index (χ3n) is 3.77. The zero-order valence-electron chi connectivity index (χ0n) is 13.1. The van der Waals surface area contributed by atoms with E-state index in [2.05, 4.69) is 5.10 Å². The monoisotopic (exact) mass is 301 g/mol. The van der Waals surface area contributed by atoms with E-state index in [0.29, 0.717) is 0 Å². The first-order valence-corrected chi connectivity index (χ1v) is 6.89. The van der Waals surface area contributed by atoms with Crippen LogP contribution in [-0.4, -0.2) is 44.3 Å². The zero-order chi connectivity index (χ0) is 16.5. The number of amides is 1. The van der Waals surface area contributed by atoms with E-state index in [0.717, 1.165) is 11.4 Å². The van der Waals surface area contributed by atoms with E-state index in [-0.39, 0.29) is 5.69 Å². The predicted molar refractivity (Wildman–Crippen MR) is 82.1 cm³/mol. The van der Waals surface area contributed by atoms with Crippen LogP contribution in [0.15, 0.2) is 36.4 Å². The van der Waals surface area contributed by atoms with Gasteiger partial charge in [0.05, 0.1) is 5.69 Å². The Balaban J connectivity index is 2.35. The van der Waals surface area contributed by atoms with Crippen LogP contribution in [0.5, 0.6) is 0 Å². The van der Waals surface area contributed by atoms with Crippen LogP contribution in [0.2, 0.25) is 0 Å². The molecular formula is C16H19N3O3. The number of aryl methyl sites for hydroxylation is 1. The fourth-order valence-corrected chi connectivity index (χ4v) is 1.98. The Bertz CT molecular complexity index is 705. The molecule has 1 N–H and O–H groups in total. The molecule has 1 aromatic heterocycles. The van der Waals surface area contributed by atoms with Crippen LogP contribution < -0.4 is 0 Å². The molecule has 1 heterocycles. The molecule has 0 aliphatic rings. The van der Waals surface area contributed by atoms with Crippen molar-refractivity contribution in [2.45, 2.75) is 26.3 Å². The van der Waals surface area contributed by atoms with Crippen LogP contribution in [-0.2, 0) is 4.79 Å². The minimum Gasteiger partial charge on any atom is -0.480 e. The van der Waals surface area contributed by atoms with Gasteiger partial charge in [-0.3, -0.25) is 4.79 Å². The summed E-state index contributed by atoms with van der Waals surface area (Å²) in [6.45, 7) is 4.81. The molecule has 0 aliphatic heterocycles. The van der Waals surface area contributed by atoms with Crippen molar-refractivity contribution in [3.05, 3.63) is 47.8 Å². The molecule has 0 aliphatic carbocycles. The second-order valence-electron chi connectivity index (χ2n) is 5.65. The van der Waals surface area contributed by atoms with E-state index in [4.69, 9.17) is 0 Å². The van der Waals surface area contributed by atoms with Gasteiger partial charge in [0.1, 0.15) is 5.54 Å². The van der Waals surface area contributed by atoms with Crippen molar-refractivity contribution >= 4 is 11.9 Å². The van der Waals surface area contributed by atoms with E-state index in [1.165, 1.54) is 25.8 Å². The molecule has 116 valence electrons. The van der Waals surface area contributed by atoms with Gasteiger partial charge in [0.15, 0.2) is 5.69 Å². The van der Waals surface area contributed by atoms with Gasteiger partial charge in [-0.15, -0.1) is 0 Å². The van der Waals surface area contributed by atoms with Crippen molar-refractivity contribution < 1.29 is 14.7 Å². The quantitative estimate of drug-likeness (QED) is 0.938. The summed E-state index contributed by atoms with van der Waals surface area (Å²) in [4.78, 5) is 24.9. The largest absolute Gasteiger partial charge is 0.480 e. The highest BCUT2D eigenvalue weighted by Crippen LogP contribution is 2.18. The normalized spacial score (nSPS) is 11.3. The standard InChI is InChI=1S/C16H19N3O3/c1-11-10-13(14(20)18(4)16(2,3)15(21)22)17-19(11)12-8-6-5-7-9-12/h5-10H,1-4H3,(H,21,22). The van der Waals surface area contributed by atoms with E-state index >= 15 is 0 Å². The van der Waals surface area contributed by atoms with Crippen molar-refractivity contribution in [2.75, 3.05) is 7.05 Å². The van der Waals surface area contributed by atoms with Gasteiger partial charge < -0.3 is 10.0 Å². The number of carboxylic acid groups (broad SMARTS) is 1. The molecule has 0 saturated heterocycles. The summed E-state index contributed by atoms with van der Waals surface area (Å²) < 4.78 is 1.66. The Kier molecular flexibility index (Phi) is 4.03. The maximum Gasteiger partial charge on any atom is 0.329 e. The minimum absolute atomic E-state index is 0.221. The van der Waals surface area contributed by atoms with Gasteiger partial charge in [-0.2, -0.15) is 5.10 Å². The second kappa shape index (κ2) is 5.63. The molecule has 0 fully saturated rings. The molecule has 0 bridgehead atoms. The number of para-hydroxylation sites is 1. The summed E-state index contributed by atoms with van der Waals surface area (Å²) >= 11 is 0. The molecule has 22 heavy (non-hydrogen) atoms. The van der Waals surface area contributed by atoms with E-state index in [1.807, 2.05) is 37.3 Å². The Morgan fingerprint density at radius 3 is 2.36 bits per heavy atom. The maximum absolute atomic E-state index is 12.5. The Hall–Kier alpha value is -2.63.